The number of benzene rings is 2. The number of aliphatic imine (C=N–C) groups is 2. The molecule has 0 unspecified atom stereocenters. The van der Waals surface area contributed by atoms with Crippen LogP contribution in [0.15, 0.2) is 46.4 Å². The van der Waals surface area contributed by atoms with Crippen molar-refractivity contribution in [2.24, 2.45) is 9.98 Å². The van der Waals surface area contributed by atoms with E-state index in [0.717, 1.165) is 25.7 Å². The van der Waals surface area contributed by atoms with Gasteiger partial charge >= 0.3 is 0 Å². The molecule has 1 saturated carbocycles. The van der Waals surface area contributed by atoms with Crippen LogP contribution in [0.1, 0.15) is 36.8 Å². The van der Waals surface area contributed by atoms with Crippen molar-refractivity contribution < 1.29 is 10.2 Å². The van der Waals surface area contributed by atoms with E-state index in [0.29, 0.717) is 21.2 Å². The zero-order valence-corrected chi connectivity index (χ0v) is 15.7. The van der Waals surface area contributed by atoms with Crippen LogP contribution in [0.3, 0.4) is 0 Å². The highest BCUT2D eigenvalue weighted by atomic mass is 35.5. The minimum absolute atomic E-state index is 0.0275. The molecule has 2 aromatic rings. The van der Waals surface area contributed by atoms with Gasteiger partial charge in [0.2, 0.25) is 0 Å². The van der Waals surface area contributed by atoms with Crippen molar-refractivity contribution in [1.29, 1.82) is 0 Å². The molecule has 2 atom stereocenters. The van der Waals surface area contributed by atoms with Gasteiger partial charge in [0.05, 0.1) is 22.1 Å². The van der Waals surface area contributed by atoms with Gasteiger partial charge in [-0.2, -0.15) is 0 Å². The second-order valence-corrected chi connectivity index (χ2v) is 7.15. The second kappa shape index (κ2) is 8.56. The van der Waals surface area contributed by atoms with Crippen LogP contribution in [0.4, 0.5) is 0 Å². The molecule has 0 saturated heterocycles. The van der Waals surface area contributed by atoms with E-state index in [1.165, 1.54) is 0 Å². The van der Waals surface area contributed by atoms with Gasteiger partial charge in [0.15, 0.2) is 0 Å². The number of aromatic hydroxyl groups is 2. The average molecular weight is 391 g/mol. The maximum atomic E-state index is 10.0. The fourth-order valence-corrected chi connectivity index (χ4v) is 3.43. The van der Waals surface area contributed by atoms with E-state index in [2.05, 4.69) is 9.98 Å². The van der Waals surface area contributed by atoms with E-state index in [1.54, 1.807) is 48.8 Å². The molecule has 1 aliphatic rings. The van der Waals surface area contributed by atoms with Crippen molar-refractivity contribution in [2.45, 2.75) is 37.8 Å². The molecule has 2 N–H and O–H groups in total. The van der Waals surface area contributed by atoms with Gasteiger partial charge in [0.25, 0.3) is 0 Å². The van der Waals surface area contributed by atoms with Crippen molar-refractivity contribution in [3.63, 3.8) is 0 Å². The van der Waals surface area contributed by atoms with Crippen LogP contribution < -0.4 is 0 Å². The summed E-state index contributed by atoms with van der Waals surface area (Å²) in [5.74, 6) is 0.0789. The highest BCUT2D eigenvalue weighted by molar-refractivity contribution is 6.32. The highest BCUT2D eigenvalue weighted by Gasteiger charge is 2.23. The zero-order chi connectivity index (χ0) is 18.5. The molecule has 1 fully saturated rings. The first-order chi connectivity index (χ1) is 12.6. The van der Waals surface area contributed by atoms with Crippen LogP contribution in [0.2, 0.25) is 10.0 Å². The van der Waals surface area contributed by atoms with Gasteiger partial charge in [0.1, 0.15) is 11.5 Å². The normalized spacial score (nSPS) is 20.8. The Labute approximate surface area is 162 Å². The van der Waals surface area contributed by atoms with E-state index in [9.17, 15) is 10.2 Å². The number of rotatable bonds is 4. The Morgan fingerprint density at radius 3 is 1.62 bits per heavy atom. The lowest BCUT2D eigenvalue weighted by Gasteiger charge is -2.25. The summed E-state index contributed by atoms with van der Waals surface area (Å²) in [5.41, 5.74) is 1.19. The number of phenols is 2. The van der Waals surface area contributed by atoms with Gasteiger partial charge < -0.3 is 10.2 Å². The van der Waals surface area contributed by atoms with E-state index < -0.39 is 0 Å². The standard InChI is InChI=1S/C20H20Cl2N2O2/c21-15-7-3-5-13(19(15)25)11-23-17-9-1-2-10-18(17)24-12-14-6-4-8-16(22)20(14)26/h3-8,11-12,17-18,25-26H,1-2,9-10H2/t17-,18-/m1/s1. The number of halogens is 2. The van der Waals surface area contributed by atoms with E-state index in [-0.39, 0.29) is 23.6 Å². The maximum Gasteiger partial charge on any atom is 0.142 e. The Morgan fingerprint density at radius 2 is 1.19 bits per heavy atom. The molecule has 0 amide bonds. The van der Waals surface area contributed by atoms with Gasteiger partial charge in [0, 0.05) is 23.6 Å². The Balaban J connectivity index is 1.77. The quantitative estimate of drug-likeness (QED) is 0.699. The number of phenolic OH excluding ortho intramolecular Hbond substituents is 2. The lowest BCUT2D eigenvalue weighted by Crippen LogP contribution is -2.27. The molecule has 0 spiro atoms. The molecule has 6 heteroatoms. The van der Waals surface area contributed by atoms with Gasteiger partial charge in [-0.1, -0.05) is 48.2 Å². The monoisotopic (exact) mass is 390 g/mol. The molecular weight excluding hydrogens is 371 g/mol. The molecule has 0 bridgehead atoms. The SMILES string of the molecule is Oc1c(Cl)cccc1C=N[C@@H]1CCCC[C@H]1N=Cc1cccc(Cl)c1O. The third kappa shape index (κ3) is 4.37. The number of para-hydroxylation sites is 2. The van der Waals surface area contributed by atoms with Crippen LogP contribution in [0.25, 0.3) is 0 Å². The third-order valence-corrected chi connectivity index (χ3v) is 5.15. The predicted octanol–water partition coefficient (Wildman–Crippen LogP) is 5.25. The van der Waals surface area contributed by atoms with E-state index in [4.69, 9.17) is 23.2 Å². The molecule has 0 aromatic heterocycles. The van der Waals surface area contributed by atoms with E-state index >= 15 is 0 Å². The molecule has 2 aromatic carbocycles. The minimum Gasteiger partial charge on any atom is -0.506 e. The first kappa shape index (κ1) is 18.7. The first-order valence-corrected chi connectivity index (χ1v) is 9.33. The van der Waals surface area contributed by atoms with Gasteiger partial charge in [-0.05, 0) is 37.1 Å². The second-order valence-electron chi connectivity index (χ2n) is 6.33. The Kier molecular flexibility index (Phi) is 6.17. The van der Waals surface area contributed by atoms with Gasteiger partial charge in [-0.15, -0.1) is 0 Å². The summed E-state index contributed by atoms with van der Waals surface area (Å²) < 4.78 is 0. The smallest absolute Gasteiger partial charge is 0.142 e. The summed E-state index contributed by atoms with van der Waals surface area (Å²) >= 11 is 11.9. The summed E-state index contributed by atoms with van der Waals surface area (Å²) in [7, 11) is 0. The van der Waals surface area contributed by atoms with Crippen LogP contribution in [0.5, 0.6) is 11.5 Å². The number of hydrogen-bond donors (Lipinski definition) is 2. The molecule has 136 valence electrons. The zero-order valence-electron chi connectivity index (χ0n) is 14.1. The van der Waals surface area contributed by atoms with Crippen molar-refractivity contribution in [3.8, 4) is 11.5 Å². The van der Waals surface area contributed by atoms with Crippen LogP contribution in [-0.2, 0) is 0 Å². The minimum atomic E-state index is 0.0275. The van der Waals surface area contributed by atoms with Crippen molar-refractivity contribution in [1.82, 2.24) is 0 Å². The molecule has 0 radical (unpaired) electrons. The summed E-state index contributed by atoms with van der Waals surface area (Å²) in [6.07, 6.45) is 7.38. The van der Waals surface area contributed by atoms with Gasteiger partial charge in [-0.3, -0.25) is 9.98 Å². The summed E-state index contributed by atoms with van der Waals surface area (Å²) in [5, 5.41) is 20.6. The fourth-order valence-electron chi connectivity index (χ4n) is 3.06. The largest absolute Gasteiger partial charge is 0.506 e. The Bertz CT molecular complexity index is 767. The molecule has 0 heterocycles. The van der Waals surface area contributed by atoms with Crippen LogP contribution in [0, 0.1) is 0 Å². The lowest BCUT2D eigenvalue weighted by atomic mass is 9.91. The van der Waals surface area contributed by atoms with Crippen molar-refractivity contribution in [3.05, 3.63) is 57.6 Å². The summed E-state index contributed by atoms with van der Waals surface area (Å²) in [6.45, 7) is 0. The van der Waals surface area contributed by atoms with Crippen LogP contribution in [-0.4, -0.2) is 34.7 Å². The third-order valence-electron chi connectivity index (χ3n) is 4.54. The summed E-state index contributed by atoms with van der Waals surface area (Å²) in [6, 6.07) is 10.4. The van der Waals surface area contributed by atoms with Crippen molar-refractivity contribution >= 4 is 35.6 Å². The predicted molar refractivity (Wildman–Crippen MR) is 107 cm³/mol. The summed E-state index contributed by atoms with van der Waals surface area (Å²) in [4.78, 5) is 9.29. The molecule has 3 rings (SSSR count). The topological polar surface area (TPSA) is 65.2 Å². The first-order valence-electron chi connectivity index (χ1n) is 8.57. The fraction of sp³-hybridized carbons (Fsp3) is 0.300. The Hall–Kier alpha value is -2.04. The van der Waals surface area contributed by atoms with Crippen molar-refractivity contribution in [2.75, 3.05) is 0 Å². The Morgan fingerprint density at radius 1 is 0.769 bits per heavy atom. The lowest BCUT2D eigenvalue weighted by molar-refractivity contribution is 0.390. The van der Waals surface area contributed by atoms with Crippen LogP contribution >= 0.6 is 23.2 Å². The molecule has 4 nitrogen and oxygen atoms in total. The maximum absolute atomic E-state index is 10.0. The molecular formula is C20H20Cl2N2O2. The average Bonchev–Trinajstić information content (AvgIpc) is 2.65. The molecule has 0 aliphatic heterocycles. The highest BCUT2D eigenvalue weighted by Crippen LogP contribution is 2.29. The molecule has 26 heavy (non-hydrogen) atoms. The number of hydrogen-bond acceptors (Lipinski definition) is 4. The van der Waals surface area contributed by atoms with Gasteiger partial charge in [-0.25, -0.2) is 0 Å². The number of nitrogens with zero attached hydrogens (tertiary/aromatic N) is 2. The molecule has 1 aliphatic carbocycles. The van der Waals surface area contributed by atoms with E-state index in [1.807, 2.05) is 0 Å².